The Morgan fingerprint density at radius 3 is 2.66 bits per heavy atom. The van der Waals surface area contributed by atoms with Crippen molar-refractivity contribution in [3.63, 3.8) is 0 Å². The van der Waals surface area contributed by atoms with Crippen LogP contribution >= 0.6 is 11.6 Å². The molecule has 10 heteroatoms. The lowest BCUT2D eigenvalue weighted by Gasteiger charge is -2.40. The molecule has 2 aliphatic heterocycles. The summed E-state index contributed by atoms with van der Waals surface area (Å²) in [5, 5.41) is 13.1. The molecule has 230 valence electrons. The number of carbonyl (C=O) groups is 2. The van der Waals surface area contributed by atoms with Crippen LogP contribution in [0.15, 0.2) is 59.6 Å². The second-order valence-electron chi connectivity index (χ2n) is 13.2. The van der Waals surface area contributed by atoms with Gasteiger partial charge in [0.15, 0.2) is 0 Å². The summed E-state index contributed by atoms with van der Waals surface area (Å²) in [6.45, 7) is 6.43. The number of methoxy groups -OCH3 is 1. The number of nitrogens with zero attached hydrogens (tertiary/aromatic N) is 2. The summed E-state index contributed by atoms with van der Waals surface area (Å²) >= 11 is 6.84. The normalized spacial score (nSPS) is 25.2. The van der Waals surface area contributed by atoms with E-state index >= 15 is 0 Å². The molecule has 9 nitrogen and oxygen atoms in total. The number of allylic oxidation sites excluding steroid dienone is 1. The number of nitrogens with one attached hydrogen (secondary N) is 2. The Morgan fingerprint density at radius 2 is 2.00 bits per heavy atom. The standard InChI is InChI=1S/C34H38ClN5O4/c1-18-5-10-24(26(35)11-18)34(3)30-25(33(2,17-44-30)32(36)42)14-27(38-34)23(19-6-7-19)15-37-31(41)20-12-21-16-40(22-8-9-22)39-29(21)28(13-20)43-4/h5,10-14,16,19,22-23,38H,6-9,15,17H2,1-4H3,(H2,36,42)(H,37,41)/t23-,33-,34?/m0/s1. The van der Waals surface area contributed by atoms with E-state index in [9.17, 15) is 9.59 Å². The first-order chi connectivity index (χ1) is 21.0. The van der Waals surface area contributed by atoms with Crippen molar-refractivity contribution in [3.8, 4) is 5.75 Å². The number of aryl methyl sites for hydroxylation is 1. The van der Waals surface area contributed by atoms with Crippen LogP contribution in [0.3, 0.4) is 0 Å². The summed E-state index contributed by atoms with van der Waals surface area (Å²) in [5.41, 5.74) is 9.00. The van der Waals surface area contributed by atoms with Crippen LogP contribution in [0.5, 0.6) is 5.75 Å². The van der Waals surface area contributed by atoms with Gasteiger partial charge in [-0.2, -0.15) is 5.10 Å². The van der Waals surface area contributed by atoms with E-state index in [0.29, 0.717) is 40.6 Å². The maximum atomic E-state index is 13.6. The number of dihydropyridines is 1. The minimum Gasteiger partial charge on any atom is -0.494 e. The number of ether oxygens (including phenoxy) is 2. The van der Waals surface area contributed by atoms with Gasteiger partial charge in [-0.25, -0.2) is 0 Å². The first-order valence-corrected chi connectivity index (χ1v) is 15.7. The largest absolute Gasteiger partial charge is 0.494 e. The number of hydrogen-bond donors (Lipinski definition) is 3. The summed E-state index contributed by atoms with van der Waals surface area (Å²) in [7, 11) is 1.60. The Hall–Kier alpha value is -3.98. The summed E-state index contributed by atoms with van der Waals surface area (Å²) in [5.74, 6) is 0.978. The van der Waals surface area contributed by atoms with E-state index in [1.165, 1.54) is 0 Å². The monoisotopic (exact) mass is 615 g/mol. The molecular formula is C34H38ClN5O4. The van der Waals surface area contributed by atoms with Gasteiger partial charge in [-0.15, -0.1) is 0 Å². The third-order valence-corrected chi connectivity index (χ3v) is 10.1. The molecule has 0 spiro atoms. The summed E-state index contributed by atoms with van der Waals surface area (Å²) in [6.07, 6.45) is 8.36. The highest BCUT2D eigenvalue weighted by atomic mass is 35.5. The van der Waals surface area contributed by atoms with Gasteiger partial charge in [0.2, 0.25) is 5.91 Å². The molecule has 3 heterocycles. The average molecular weight is 616 g/mol. The Morgan fingerprint density at radius 1 is 1.23 bits per heavy atom. The van der Waals surface area contributed by atoms with Crippen molar-refractivity contribution in [2.24, 2.45) is 23.0 Å². The molecule has 2 aliphatic carbocycles. The van der Waals surface area contributed by atoms with E-state index in [1.807, 2.05) is 62.0 Å². The second kappa shape index (κ2) is 10.3. The van der Waals surface area contributed by atoms with Crippen molar-refractivity contribution in [1.82, 2.24) is 20.4 Å². The van der Waals surface area contributed by atoms with Crippen molar-refractivity contribution < 1.29 is 19.1 Å². The van der Waals surface area contributed by atoms with Gasteiger partial charge in [0.05, 0.1) is 13.2 Å². The minimum absolute atomic E-state index is 0.0162. The number of halogens is 1. The van der Waals surface area contributed by atoms with Gasteiger partial charge in [-0.3, -0.25) is 14.3 Å². The minimum atomic E-state index is -0.991. The van der Waals surface area contributed by atoms with Gasteiger partial charge >= 0.3 is 0 Å². The summed E-state index contributed by atoms with van der Waals surface area (Å²) < 4.78 is 13.9. The van der Waals surface area contributed by atoms with Gasteiger partial charge in [0, 0.05) is 51.5 Å². The number of primary amides is 1. The molecule has 2 fully saturated rings. The van der Waals surface area contributed by atoms with Crippen LogP contribution in [-0.2, 0) is 15.1 Å². The third-order valence-electron chi connectivity index (χ3n) is 9.77. The highest BCUT2D eigenvalue weighted by molar-refractivity contribution is 6.31. The van der Waals surface area contributed by atoms with E-state index in [2.05, 4.69) is 10.6 Å². The van der Waals surface area contributed by atoms with Gasteiger partial charge in [0.25, 0.3) is 5.91 Å². The van der Waals surface area contributed by atoms with Crippen LogP contribution in [0.1, 0.15) is 67.1 Å². The molecule has 1 unspecified atom stereocenters. The lowest BCUT2D eigenvalue weighted by atomic mass is 9.75. The fourth-order valence-electron chi connectivity index (χ4n) is 6.69. The molecular weight excluding hydrogens is 578 g/mol. The fourth-order valence-corrected chi connectivity index (χ4v) is 7.11. The average Bonchev–Trinajstić information content (AvgIpc) is 3.92. The Bertz CT molecular complexity index is 1770. The summed E-state index contributed by atoms with van der Waals surface area (Å²) in [4.78, 5) is 26.4. The predicted octanol–water partition coefficient (Wildman–Crippen LogP) is 5.28. The molecule has 4 N–H and O–H groups in total. The first kappa shape index (κ1) is 28.8. The van der Waals surface area contributed by atoms with Gasteiger partial charge in [-0.1, -0.05) is 23.7 Å². The number of rotatable bonds is 9. The van der Waals surface area contributed by atoms with E-state index in [-0.39, 0.29) is 18.4 Å². The number of benzene rings is 2. The van der Waals surface area contributed by atoms with Crippen molar-refractivity contribution in [2.75, 3.05) is 20.3 Å². The number of nitrogens with two attached hydrogens (primary N) is 1. The molecule has 4 aliphatic rings. The molecule has 0 saturated heterocycles. The van der Waals surface area contributed by atoms with Crippen LogP contribution in [0.2, 0.25) is 5.02 Å². The topological polar surface area (TPSA) is 121 Å². The van der Waals surface area contributed by atoms with E-state index in [0.717, 1.165) is 59.0 Å². The molecule has 0 bridgehead atoms. The molecule has 3 aromatic rings. The fraction of sp³-hybridized carbons (Fsp3) is 0.441. The molecule has 7 rings (SSSR count). The SMILES string of the molecule is COc1cc(C(=O)NC[C@H](C2=CC3=C(OC[C@]3(C)C(N)=O)C(C)(c3ccc(C)cc3Cl)N2)C2CC2)cc2cn(C3CC3)nc12. The van der Waals surface area contributed by atoms with Gasteiger partial charge in [-0.05, 0) is 82.2 Å². The van der Waals surface area contributed by atoms with Crippen LogP contribution in [0.25, 0.3) is 10.9 Å². The lowest BCUT2D eigenvalue weighted by molar-refractivity contribution is -0.125. The number of fused-ring (bicyclic) bond motifs is 1. The van der Waals surface area contributed by atoms with Gasteiger partial charge < -0.3 is 25.8 Å². The predicted molar refractivity (Wildman–Crippen MR) is 168 cm³/mol. The van der Waals surface area contributed by atoms with Gasteiger partial charge in [0.1, 0.15) is 34.6 Å². The third kappa shape index (κ3) is 4.72. The van der Waals surface area contributed by atoms with Crippen molar-refractivity contribution in [2.45, 2.75) is 58.0 Å². The summed E-state index contributed by atoms with van der Waals surface area (Å²) in [6, 6.07) is 10.0. The maximum Gasteiger partial charge on any atom is 0.251 e. The highest BCUT2D eigenvalue weighted by Crippen LogP contribution is 2.51. The molecule has 2 amide bonds. The van der Waals surface area contributed by atoms with Crippen molar-refractivity contribution in [3.05, 3.63) is 81.3 Å². The number of hydrogen-bond acceptors (Lipinski definition) is 6. The highest BCUT2D eigenvalue weighted by Gasteiger charge is 2.52. The van der Waals surface area contributed by atoms with Crippen LogP contribution in [-0.4, -0.2) is 41.9 Å². The molecule has 1 aromatic heterocycles. The molecule has 0 radical (unpaired) electrons. The number of aromatic nitrogens is 2. The van der Waals surface area contributed by atoms with Crippen molar-refractivity contribution >= 4 is 34.3 Å². The second-order valence-corrected chi connectivity index (χ2v) is 13.6. The van der Waals surface area contributed by atoms with Crippen molar-refractivity contribution in [1.29, 1.82) is 0 Å². The number of carbonyl (C=O) groups excluding carboxylic acids is 2. The molecule has 2 aromatic carbocycles. The van der Waals surface area contributed by atoms with E-state index in [1.54, 1.807) is 13.2 Å². The van der Waals surface area contributed by atoms with Crippen LogP contribution < -0.4 is 21.1 Å². The molecule has 44 heavy (non-hydrogen) atoms. The number of amides is 2. The van der Waals surface area contributed by atoms with E-state index < -0.39 is 16.9 Å². The molecule has 3 atom stereocenters. The van der Waals surface area contributed by atoms with E-state index in [4.69, 9.17) is 31.9 Å². The maximum absolute atomic E-state index is 13.6. The first-order valence-electron chi connectivity index (χ1n) is 15.3. The lowest BCUT2D eigenvalue weighted by Crippen LogP contribution is -2.48. The quantitative estimate of drug-likeness (QED) is 0.301. The Labute approximate surface area is 261 Å². The smallest absolute Gasteiger partial charge is 0.251 e. The van der Waals surface area contributed by atoms with Crippen LogP contribution in [0.4, 0.5) is 0 Å². The zero-order valence-corrected chi connectivity index (χ0v) is 26.3. The Balaban J connectivity index is 1.21. The zero-order chi connectivity index (χ0) is 31.0. The zero-order valence-electron chi connectivity index (χ0n) is 25.5. The Kier molecular flexibility index (Phi) is 6.73. The molecule has 2 saturated carbocycles. The van der Waals surface area contributed by atoms with Crippen LogP contribution in [0, 0.1) is 24.2 Å².